The quantitative estimate of drug-likeness (QED) is 0.911. The lowest BCUT2D eigenvalue weighted by molar-refractivity contribution is -0.130. The molecule has 1 atom stereocenters. The van der Waals surface area contributed by atoms with Crippen molar-refractivity contribution in [3.05, 3.63) is 30.1 Å². The van der Waals surface area contributed by atoms with Crippen molar-refractivity contribution in [2.75, 3.05) is 26.7 Å². The number of nitrogens with zero attached hydrogens (tertiary/aromatic N) is 3. The number of amides is 1. The van der Waals surface area contributed by atoms with Crippen molar-refractivity contribution in [1.29, 1.82) is 0 Å². The molecule has 1 fully saturated rings. The van der Waals surface area contributed by atoms with Gasteiger partial charge in [-0.05, 0) is 45.0 Å². The molecule has 23 heavy (non-hydrogen) atoms. The summed E-state index contributed by atoms with van der Waals surface area (Å²) < 4.78 is 2.02. The van der Waals surface area contributed by atoms with E-state index < -0.39 is 0 Å². The zero-order valence-corrected chi connectivity index (χ0v) is 15.1. The summed E-state index contributed by atoms with van der Waals surface area (Å²) in [6.45, 7) is 5.07. The Hall–Kier alpha value is -1.30. The summed E-state index contributed by atoms with van der Waals surface area (Å²) in [6, 6.07) is 7.98. The number of fused-ring (bicyclic) bond motifs is 1. The molecule has 1 aromatic carbocycles. The Morgan fingerprint density at radius 2 is 2.09 bits per heavy atom. The molecular weight excluding hydrogens is 335 g/mol. The maximum Gasteiger partial charge on any atom is 0.242 e. The molecule has 3 rings (SSSR count). The molecule has 1 aromatic heterocycles. The SMILES string of the molecule is CNCC1CCN(C(=O)Cn2c(C)nc3ccccc32)C1.Cl.Cl. The average molecular weight is 359 g/mol. The highest BCUT2D eigenvalue weighted by atomic mass is 35.5. The van der Waals surface area contributed by atoms with Crippen LogP contribution in [0.15, 0.2) is 24.3 Å². The predicted octanol–water partition coefficient (Wildman–Crippen LogP) is 2.26. The summed E-state index contributed by atoms with van der Waals surface area (Å²) in [7, 11) is 1.96. The van der Waals surface area contributed by atoms with Gasteiger partial charge in [-0.2, -0.15) is 0 Å². The number of para-hydroxylation sites is 2. The predicted molar refractivity (Wildman–Crippen MR) is 97.6 cm³/mol. The fourth-order valence-corrected chi connectivity index (χ4v) is 3.15. The summed E-state index contributed by atoms with van der Waals surface area (Å²) in [5.41, 5.74) is 1.99. The first-order valence-electron chi connectivity index (χ1n) is 7.53. The molecule has 7 heteroatoms. The van der Waals surface area contributed by atoms with Gasteiger partial charge in [0.1, 0.15) is 12.4 Å². The van der Waals surface area contributed by atoms with Gasteiger partial charge >= 0.3 is 0 Å². The Morgan fingerprint density at radius 3 is 2.83 bits per heavy atom. The van der Waals surface area contributed by atoms with Crippen LogP contribution in [0, 0.1) is 12.8 Å². The topological polar surface area (TPSA) is 50.2 Å². The van der Waals surface area contributed by atoms with Crippen molar-refractivity contribution >= 4 is 41.8 Å². The molecule has 1 aliphatic rings. The number of carbonyl (C=O) groups is 1. The van der Waals surface area contributed by atoms with Gasteiger partial charge in [0, 0.05) is 13.1 Å². The Labute approximate surface area is 149 Å². The second kappa shape index (κ2) is 8.52. The molecule has 0 saturated carbocycles. The van der Waals surface area contributed by atoms with Gasteiger partial charge in [-0.15, -0.1) is 24.8 Å². The number of hydrogen-bond donors (Lipinski definition) is 1. The van der Waals surface area contributed by atoms with Gasteiger partial charge in [0.25, 0.3) is 0 Å². The fraction of sp³-hybridized carbons (Fsp3) is 0.500. The summed E-state index contributed by atoms with van der Waals surface area (Å²) in [6.07, 6.45) is 1.09. The van der Waals surface area contributed by atoms with Crippen LogP contribution in [0.2, 0.25) is 0 Å². The van der Waals surface area contributed by atoms with Gasteiger partial charge in [-0.1, -0.05) is 12.1 Å². The van der Waals surface area contributed by atoms with Crippen LogP contribution in [-0.4, -0.2) is 47.0 Å². The summed E-state index contributed by atoms with van der Waals surface area (Å²) in [4.78, 5) is 19.0. The van der Waals surface area contributed by atoms with E-state index in [1.165, 1.54) is 0 Å². The van der Waals surface area contributed by atoms with Crippen LogP contribution in [0.1, 0.15) is 12.2 Å². The Kier molecular flexibility index (Phi) is 7.32. The van der Waals surface area contributed by atoms with Crippen molar-refractivity contribution in [2.24, 2.45) is 5.92 Å². The van der Waals surface area contributed by atoms with Crippen LogP contribution in [0.5, 0.6) is 0 Å². The minimum absolute atomic E-state index is 0. The molecule has 128 valence electrons. The van der Waals surface area contributed by atoms with Gasteiger partial charge in [0.2, 0.25) is 5.91 Å². The lowest BCUT2D eigenvalue weighted by Crippen LogP contribution is -2.33. The molecule has 1 unspecified atom stereocenters. The second-order valence-corrected chi connectivity index (χ2v) is 5.79. The highest BCUT2D eigenvalue weighted by molar-refractivity contribution is 5.85. The van der Waals surface area contributed by atoms with Crippen molar-refractivity contribution in [3.8, 4) is 0 Å². The van der Waals surface area contributed by atoms with Crippen molar-refractivity contribution < 1.29 is 4.79 Å². The maximum absolute atomic E-state index is 12.5. The highest BCUT2D eigenvalue weighted by Gasteiger charge is 2.26. The zero-order valence-electron chi connectivity index (χ0n) is 13.5. The van der Waals surface area contributed by atoms with E-state index in [2.05, 4.69) is 10.3 Å². The Balaban J connectivity index is 0.00000132. The van der Waals surface area contributed by atoms with Gasteiger partial charge < -0.3 is 14.8 Å². The molecule has 0 aliphatic carbocycles. The molecule has 5 nitrogen and oxygen atoms in total. The van der Waals surface area contributed by atoms with E-state index in [0.29, 0.717) is 12.5 Å². The smallest absolute Gasteiger partial charge is 0.242 e. The number of aromatic nitrogens is 2. The number of carbonyl (C=O) groups excluding carboxylic acids is 1. The van der Waals surface area contributed by atoms with Crippen LogP contribution in [-0.2, 0) is 11.3 Å². The molecule has 1 N–H and O–H groups in total. The van der Waals surface area contributed by atoms with Crippen LogP contribution >= 0.6 is 24.8 Å². The van der Waals surface area contributed by atoms with Crippen LogP contribution in [0.3, 0.4) is 0 Å². The summed E-state index contributed by atoms with van der Waals surface area (Å²) in [5, 5.41) is 3.19. The zero-order chi connectivity index (χ0) is 14.8. The standard InChI is InChI=1S/C16H22N4O.2ClH/c1-12-18-14-5-3-4-6-15(14)20(12)11-16(21)19-8-7-13(10-19)9-17-2;;/h3-6,13,17H,7-11H2,1-2H3;2*1H. The molecule has 1 aliphatic heterocycles. The number of likely N-dealkylation sites (tertiary alicyclic amines) is 1. The molecule has 0 spiro atoms. The van der Waals surface area contributed by atoms with E-state index in [1.54, 1.807) is 0 Å². The van der Waals surface area contributed by atoms with Gasteiger partial charge in [-0.25, -0.2) is 4.98 Å². The highest BCUT2D eigenvalue weighted by Crippen LogP contribution is 2.19. The van der Waals surface area contributed by atoms with Crippen LogP contribution < -0.4 is 5.32 Å². The average Bonchev–Trinajstić information content (AvgIpc) is 3.05. The van der Waals surface area contributed by atoms with E-state index in [-0.39, 0.29) is 30.7 Å². The Bertz CT molecular complexity index is 659. The lowest BCUT2D eigenvalue weighted by Gasteiger charge is -2.17. The molecule has 2 aromatic rings. The third-order valence-electron chi connectivity index (χ3n) is 4.27. The van der Waals surface area contributed by atoms with E-state index >= 15 is 0 Å². The first-order valence-corrected chi connectivity index (χ1v) is 7.53. The number of halogens is 2. The summed E-state index contributed by atoms with van der Waals surface area (Å²) >= 11 is 0. The van der Waals surface area contributed by atoms with Crippen molar-refractivity contribution in [1.82, 2.24) is 19.8 Å². The third kappa shape index (κ3) is 4.16. The molecule has 1 amide bonds. The normalized spacial score (nSPS) is 17.0. The summed E-state index contributed by atoms with van der Waals surface area (Å²) in [5.74, 6) is 1.68. The molecule has 0 radical (unpaired) electrons. The maximum atomic E-state index is 12.5. The van der Waals surface area contributed by atoms with Gasteiger partial charge in [0.05, 0.1) is 11.0 Å². The number of aryl methyl sites for hydroxylation is 1. The Morgan fingerprint density at radius 1 is 1.35 bits per heavy atom. The first-order chi connectivity index (χ1) is 10.2. The minimum Gasteiger partial charge on any atom is -0.341 e. The number of hydrogen-bond acceptors (Lipinski definition) is 3. The number of rotatable bonds is 4. The number of nitrogens with one attached hydrogen (secondary N) is 1. The first kappa shape index (κ1) is 19.7. The van der Waals surface area contributed by atoms with Gasteiger partial charge in [-0.3, -0.25) is 4.79 Å². The minimum atomic E-state index is 0. The van der Waals surface area contributed by atoms with Crippen molar-refractivity contribution in [2.45, 2.75) is 19.9 Å². The van der Waals surface area contributed by atoms with E-state index in [4.69, 9.17) is 0 Å². The third-order valence-corrected chi connectivity index (χ3v) is 4.27. The molecular formula is C16H24Cl2N4O. The van der Waals surface area contributed by atoms with E-state index in [0.717, 1.165) is 42.9 Å². The fourth-order valence-electron chi connectivity index (χ4n) is 3.15. The van der Waals surface area contributed by atoms with Crippen molar-refractivity contribution in [3.63, 3.8) is 0 Å². The van der Waals surface area contributed by atoms with E-state index in [9.17, 15) is 4.79 Å². The number of imidazole rings is 1. The largest absolute Gasteiger partial charge is 0.341 e. The molecule has 1 saturated heterocycles. The monoisotopic (exact) mass is 358 g/mol. The van der Waals surface area contributed by atoms with Gasteiger partial charge in [0.15, 0.2) is 0 Å². The lowest BCUT2D eigenvalue weighted by atomic mass is 10.1. The van der Waals surface area contributed by atoms with Crippen LogP contribution in [0.4, 0.5) is 0 Å². The second-order valence-electron chi connectivity index (χ2n) is 5.79. The van der Waals surface area contributed by atoms with Crippen LogP contribution in [0.25, 0.3) is 11.0 Å². The number of benzene rings is 1. The molecule has 0 bridgehead atoms. The molecule has 2 heterocycles. The van der Waals surface area contributed by atoms with E-state index in [1.807, 2.05) is 47.7 Å².